The lowest BCUT2D eigenvalue weighted by atomic mass is 10.2. The summed E-state index contributed by atoms with van der Waals surface area (Å²) < 4.78 is 0. The third-order valence-electron chi connectivity index (χ3n) is 3.86. The van der Waals surface area contributed by atoms with Crippen molar-refractivity contribution in [2.24, 2.45) is 0 Å². The van der Waals surface area contributed by atoms with Crippen molar-refractivity contribution in [3.05, 3.63) is 42.1 Å². The maximum absolute atomic E-state index is 9.15. The lowest BCUT2D eigenvalue weighted by molar-refractivity contribution is 0.726. The molecular weight excluding hydrogens is 274 g/mol. The Kier molecular flexibility index (Phi) is 4.50. The van der Waals surface area contributed by atoms with Crippen molar-refractivity contribution in [1.82, 2.24) is 9.97 Å². The maximum atomic E-state index is 9.15. The molecule has 1 N–H and O–H groups in total. The summed E-state index contributed by atoms with van der Waals surface area (Å²) in [5, 5.41) is 12.3. The van der Waals surface area contributed by atoms with Crippen molar-refractivity contribution in [3.63, 3.8) is 0 Å². The van der Waals surface area contributed by atoms with Gasteiger partial charge < -0.3 is 10.2 Å². The van der Waals surface area contributed by atoms with Gasteiger partial charge in [0.1, 0.15) is 11.9 Å². The summed E-state index contributed by atoms with van der Waals surface area (Å²) in [6.45, 7) is 2.09. The third-order valence-corrected chi connectivity index (χ3v) is 3.86. The van der Waals surface area contributed by atoms with E-state index in [4.69, 9.17) is 5.26 Å². The Morgan fingerprint density at radius 3 is 2.59 bits per heavy atom. The molecule has 0 atom stereocenters. The van der Waals surface area contributed by atoms with Gasteiger partial charge in [0.15, 0.2) is 0 Å². The standard InChI is InChI=1S/C17H19N5/c18-13-14-7-3-4-8-15(14)20-17-19-10-9-16(21-17)22-11-5-1-2-6-12-22/h3-4,7-10H,1-2,5-6,11-12H2,(H,19,20,21). The molecule has 3 rings (SSSR count). The monoisotopic (exact) mass is 293 g/mol. The Morgan fingerprint density at radius 1 is 1.05 bits per heavy atom. The van der Waals surface area contributed by atoms with Gasteiger partial charge in [0.25, 0.3) is 0 Å². The van der Waals surface area contributed by atoms with E-state index in [1.165, 1.54) is 25.7 Å². The number of benzene rings is 1. The first-order chi connectivity index (χ1) is 10.9. The highest BCUT2D eigenvalue weighted by atomic mass is 15.2. The van der Waals surface area contributed by atoms with Gasteiger partial charge in [-0.15, -0.1) is 0 Å². The van der Waals surface area contributed by atoms with Gasteiger partial charge in [-0.3, -0.25) is 0 Å². The number of hydrogen-bond donors (Lipinski definition) is 1. The van der Waals surface area contributed by atoms with Gasteiger partial charge in [-0.1, -0.05) is 25.0 Å². The van der Waals surface area contributed by atoms with Crippen LogP contribution < -0.4 is 10.2 Å². The molecule has 112 valence electrons. The molecular formula is C17H19N5. The molecule has 0 bridgehead atoms. The lowest BCUT2D eigenvalue weighted by Crippen LogP contribution is -2.25. The van der Waals surface area contributed by atoms with Crippen LogP contribution >= 0.6 is 0 Å². The van der Waals surface area contributed by atoms with E-state index in [1.807, 2.05) is 24.3 Å². The van der Waals surface area contributed by atoms with E-state index >= 15 is 0 Å². The number of anilines is 3. The highest BCUT2D eigenvalue weighted by molar-refractivity contribution is 5.63. The minimum absolute atomic E-state index is 0.532. The Bertz CT molecular complexity index is 669. The fourth-order valence-corrected chi connectivity index (χ4v) is 2.70. The molecule has 2 heterocycles. The summed E-state index contributed by atoms with van der Waals surface area (Å²) in [6, 6.07) is 11.5. The molecule has 5 heteroatoms. The molecule has 1 fully saturated rings. The van der Waals surface area contributed by atoms with Gasteiger partial charge in [0, 0.05) is 19.3 Å². The third kappa shape index (κ3) is 3.34. The van der Waals surface area contributed by atoms with Crippen LogP contribution in [-0.2, 0) is 0 Å². The topological polar surface area (TPSA) is 64.8 Å². The van der Waals surface area contributed by atoms with Gasteiger partial charge in [0.2, 0.25) is 5.95 Å². The van der Waals surface area contributed by atoms with Crippen LogP contribution in [0.25, 0.3) is 0 Å². The van der Waals surface area contributed by atoms with Crippen LogP contribution in [-0.4, -0.2) is 23.1 Å². The number of aromatic nitrogens is 2. The Morgan fingerprint density at radius 2 is 1.82 bits per heavy atom. The molecule has 0 radical (unpaired) electrons. The SMILES string of the molecule is N#Cc1ccccc1Nc1nccc(N2CCCCCC2)n1. The Labute approximate surface area is 130 Å². The summed E-state index contributed by atoms with van der Waals surface area (Å²) in [4.78, 5) is 11.2. The number of rotatable bonds is 3. The molecule has 0 saturated carbocycles. The van der Waals surface area contributed by atoms with Crippen LogP contribution in [0.3, 0.4) is 0 Å². The summed E-state index contributed by atoms with van der Waals surface area (Å²) in [7, 11) is 0. The fourth-order valence-electron chi connectivity index (χ4n) is 2.70. The van der Waals surface area contributed by atoms with Crippen molar-refractivity contribution in [1.29, 1.82) is 5.26 Å². The smallest absolute Gasteiger partial charge is 0.229 e. The van der Waals surface area contributed by atoms with Gasteiger partial charge >= 0.3 is 0 Å². The van der Waals surface area contributed by atoms with E-state index in [2.05, 4.69) is 26.3 Å². The van der Waals surface area contributed by atoms with Gasteiger partial charge in [0.05, 0.1) is 11.3 Å². The maximum Gasteiger partial charge on any atom is 0.229 e. The van der Waals surface area contributed by atoms with Crippen LogP contribution in [0.15, 0.2) is 36.5 Å². The molecule has 1 aromatic carbocycles. The zero-order valence-electron chi connectivity index (χ0n) is 12.5. The average Bonchev–Trinajstić information content (AvgIpc) is 2.85. The van der Waals surface area contributed by atoms with E-state index in [0.29, 0.717) is 11.5 Å². The van der Waals surface area contributed by atoms with E-state index < -0.39 is 0 Å². The first-order valence-electron chi connectivity index (χ1n) is 7.71. The second kappa shape index (κ2) is 6.90. The minimum Gasteiger partial charge on any atom is -0.356 e. The normalized spacial score (nSPS) is 15.0. The van der Waals surface area contributed by atoms with Gasteiger partial charge in [-0.25, -0.2) is 4.98 Å². The van der Waals surface area contributed by atoms with E-state index in [9.17, 15) is 0 Å². The second-order valence-corrected chi connectivity index (χ2v) is 5.42. The van der Waals surface area contributed by atoms with Crippen LogP contribution in [0, 0.1) is 11.3 Å². The van der Waals surface area contributed by atoms with Crippen LogP contribution in [0.5, 0.6) is 0 Å². The van der Waals surface area contributed by atoms with Crippen LogP contribution in [0.2, 0.25) is 0 Å². The highest BCUT2D eigenvalue weighted by Crippen LogP contribution is 2.21. The number of para-hydroxylation sites is 1. The molecule has 1 aromatic heterocycles. The van der Waals surface area contributed by atoms with E-state index in [1.54, 1.807) is 12.3 Å². The fraction of sp³-hybridized carbons (Fsp3) is 0.353. The predicted octanol–water partition coefficient (Wildman–Crippen LogP) is 3.47. The number of nitriles is 1. The van der Waals surface area contributed by atoms with E-state index in [-0.39, 0.29) is 0 Å². The van der Waals surface area contributed by atoms with Crippen molar-refractivity contribution in [2.75, 3.05) is 23.3 Å². The number of nitrogens with one attached hydrogen (secondary N) is 1. The largest absolute Gasteiger partial charge is 0.356 e. The molecule has 0 amide bonds. The average molecular weight is 293 g/mol. The van der Waals surface area contributed by atoms with Crippen molar-refractivity contribution in [3.8, 4) is 6.07 Å². The second-order valence-electron chi connectivity index (χ2n) is 5.42. The van der Waals surface area contributed by atoms with Gasteiger partial charge in [-0.05, 0) is 31.0 Å². The van der Waals surface area contributed by atoms with Gasteiger partial charge in [-0.2, -0.15) is 10.2 Å². The molecule has 2 aromatic rings. The Balaban J connectivity index is 1.80. The molecule has 1 aliphatic rings. The molecule has 1 aliphatic heterocycles. The van der Waals surface area contributed by atoms with E-state index in [0.717, 1.165) is 24.6 Å². The molecule has 0 aliphatic carbocycles. The highest BCUT2D eigenvalue weighted by Gasteiger charge is 2.12. The molecule has 0 spiro atoms. The summed E-state index contributed by atoms with van der Waals surface area (Å²) >= 11 is 0. The van der Waals surface area contributed by atoms with Crippen molar-refractivity contribution in [2.45, 2.75) is 25.7 Å². The molecule has 5 nitrogen and oxygen atoms in total. The number of nitrogens with zero attached hydrogens (tertiary/aromatic N) is 4. The molecule has 22 heavy (non-hydrogen) atoms. The Hall–Kier alpha value is -2.61. The molecule has 0 unspecified atom stereocenters. The predicted molar refractivity (Wildman–Crippen MR) is 87.2 cm³/mol. The van der Waals surface area contributed by atoms with Crippen molar-refractivity contribution < 1.29 is 0 Å². The summed E-state index contributed by atoms with van der Waals surface area (Å²) in [6.07, 6.45) is 6.78. The summed E-state index contributed by atoms with van der Waals surface area (Å²) in [5.74, 6) is 1.48. The minimum atomic E-state index is 0.532. The number of hydrogen-bond acceptors (Lipinski definition) is 5. The first kappa shape index (κ1) is 14.3. The zero-order valence-corrected chi connectivity index (χ0v) is 12.5. The quantitative estimate of drug-likeness (QED) is 0.938. The van der Waals surface area contributed by atoms with Crippen molar-refractivity contribution >= 4 is 17.5 Å². The lowest BCUT2D eigenvalue weighted by Gasteiger charge is -2.21. The molecule has 1 saturated heterocycles. The van der Waals surface area contributed by atoms with Crippen LogP contribution in [0.4, 0.5) is 17.5 Å². The summed E-state index contributed by atoms with van der Waals surface area (Å²) in [5.41, 5.74) is 1.32. The first-order valence-corrected chi connectivity index (χ1v) is 7.71. The van der Waals surface area contributed by atoms with Crippen LogP contribution in [0.1, 0.15) is 31.2 Å². The zero-order chi connectivity index (χ0) is 15.2.